The fourth-order valence-electron chi connectivity index (χ4n) is 2.78. The minimum absolute atomic E-state index is 0.141. The second-order valence-electron chi connectivity index (χ2n) is 6.99. The Labute approximate surface area is 156 Å². The largest absolute Gasteiger partial charge is 0.477 e. The molecule has 0 spiro atoms. The molecule has 0 aromatic carbocycles. The molecule has 1 saturated heterocycles. The highest BCUT2D eigenvalue weighted by molar-refractivity contribution is 7.92. The van der Waals surface area contributed by atoms with Gasteiger partial charge in [0.1, 0.15) is 0 Å². The molecule has 1 N–H and O–H groups in total. The number of nitrogens with one attached hydrogen (secondary N) is 1. The van der Waals surface area contributed by atoms with Gasteiger partial charge in [0.15, 0.2) is 15.8 Å². The first kappa shape index (κ1) is 20.5. The molecule has 2 rings (SSSR count). The number of aromatic nitrogens is 1. The summed E-state index contributed by atoms with van der Waals surface area (Å²) >= 11 is 0. The molecule has 1 aliphatic heterocycles. The van der Waals surface area contributed by atoms with E-state index in [0.717, 1.165) is 24.5 Å². The van der Waals surface area contributed by atoms with Crippen LogP contribution in [-0.4, -0.2) is 61.0 Å². The summed E-state index contributed by atoms with van der Waals surface area (Å²) in [5.41, 5.74) is 0.917. The Kier molecular flexibility index (Phi) is 6.86. The first-order valence-electron chi connectivity index (χ1n) is 9.13. The predicted molar refractivity (Wildman–Crippen MR) is 104 cm³/mol. The van der Waals surface area contributed by atoms with E-state index in [1.165, 1.54) is 0 Å². The maximum Gasteiger partial charge on any atom is 0.218 e. The van der Waals surface area contributed by atoms with E-state index in [2.05, 4.69) is 17.2 Å². The van der Waals surface area contributed by atoms with E-state index in [1.807, 2.05) is 24.0 Å². The summed E-state index contributed by atoms with van der Waals surface area (Å²) in [5, 5.41) is 3.27. The Hall–Kier alpha value is -1.83. The zero-order chi connectivity index (χ0) is 19.2. The van der Waals surface area contributed by atoms with Gasteiger partial charge in [-0.05, 0) is 33.3 Å². The summed E-state index contributed by atoms with van der Waals surface area (Å²) < 4.78 is 29.4. The maximum absolute atomic E-state index is 12.2. The lowest BCUT2D eigenvalue weighted by Gasteiger charge is -2.39. The lowest BCUT2D eigenvalue weighted by molar-refractivity contribution is 0.301. The fourth-order valence-corrected chi connectivity index (χ4v) is 4.15. The quantitative estimate of drug-likeness (QED) is 0.597. The van der Waals surface area contributed by atoms with Crippen LogP contribution in [0.15, 0.2) is 23.3 Å². The van der Waals surface area contributed by atoms with Gasteiger partial charge in [0.25, 0.3) is 0 Å². The zero-order valence-electron chi connectivity index (χ0n) is 16.2. The van der Waals surface area contributed by atoms with Crippen molar-refractivity contribution in [3.05, 3.63) is 23.9 Å². The smallest absolute Gasteiger partial charge is 0.218 e. The lowest BCUT2D eigenvalue weighted by Crippen LogP contribution is -2.57. The third kappa shape index (κ3) is 4.87. The third-order valence-corrected chi connectivity index (χ3v) is 6.90. The van der Waals surface area contributed by atoms with Crippen molar-refractivity contribution in [1.82, 2.24) is 15.2 Å². The summed E-state index contributed by atoms with van der Waals surface area (Å²) in [6, 6.07) is 3.82. The lowest BCUT2D eigenvalue weighted by atomic mass is 10.2. The molecule has 0 aliphatic carbocycles. The SMILES string of the molecule is CCCOc1ncccc1CN=C(NCC)N1CCS(=O)(=O)C(C)(C)C1. The van der Waals surface area contributed by atoms with Crippen molar-refractivity contribution in [3.8, 4) is 5.88 Å². The van der Waals surface area contributed by atoms with Crippen LogP contribution in [0.5, 0.6) is 5.88 Å². The Bertz CT molecular complexity index is 732. The molecule has 0 amide bonds. The van der Waals surface area contributed by atoms with Gasteiger partial charge in [-0.25, -0.2) is 18.4 Å². The van der Waals surface area contributed by atoms with Crippen LogP contribution in [0.25, 0.3) is 0 Å². The van der Waals surface area contributed by atoms with Crippen molar-refractivity contribution >= 4 is 15.8 Å². The summed E-state index contributed by atoms with van der Waals surface area (Å²) in [4.78, 5) is 11.0. The molecule has 7 nitrogen and oxygen atoms in total. The molecule has 26 heavy (non-hydrogen) atoms. The van der Waals surface area contributed by atoms with Crippen molar-refractivity contribution in [2.24, 2.45) is 4.99 Å². The van der Waals surface area contributed by atoms with Gasteiger partial charge in [-0.15, -0.1) is 0 Å². The molecule has 0 saturated carbocycles. The average molecular weight is 383 g/mol. The summed E-state index contributed by atoms with van der Waals surface area (Å²) in [6.45, 7) is 10.2. The Morgan fingerprint density at radius 3 is 2.85 bits per heavy atom. The van der Waals surface area contributed by atoms with Gasteiger partial charge in [0.05, 0.1) is 23.7 Å². The van der Waals surface area contributed by atoms with Crippen molar-refractivity contribution < 1.29 is 13.2 Å². The standard InChI is InChI=1S/C18H30N4O3S/c1-5-11-25-16-15(8-7-9-20-16)13-21-17(19-6-2)22-10-12-26(23,24)18(3,4)14-22/h7-9H,5-6,10-14H2,1-4H3,(H,19,21). The molecule has 0 unspecified atom stereocenters. The number of nitrogens with zero attached hydrogens (tertiary/aromatic N) is 3. The highest BCUT2D eigenvalue weighted by Gasteiger charge is 2.40. The molecule has 146 valence electrons. The number of aliphatic imine (C=N–C) groups is 1. The second-order valence-corrected chi connectivity index (χ2v) is 9.73. The first-order chi connectivity index (χ1) is 12.3. The molecule has 1 aromatic rings. The molecule has 0 radical (unpaired) electrons. The highest BCUT2D eigenvalue weighted by Crippen LogP contribution is 2.24. The van der Waals surface area contributed by atoms with Crippen LogP contribution in [0.3, 0.4) is 0 Å². The van der Waals surface area contributed by atoms with Crippen molar-refractivity contribution in [2.75, 3.05) is 32.0 Å². The number of hydrogen-bond acceptors (Lipinski definition) is 5. The number of sulfone groups is 1. The number of hydrogen-bond donors (Lipinski definition) is 1. The van der Waals surface area contributed by atoms with E-state index in [9.17, 15) is 8.42 Å². The molecular weight excluding hydrogens is 352 g/mol. The van der Waals surface area contributed by atoms with Crippen LogP contribution in [0, 0.1) is 0 Å². The van der Waals surface area contributed by atoms with E-state index in [1.54, 1.807) is 20.0 Å². The number of ether oxygens (including phenoxy) is 1. The zero-order valence-corrected chi connectivity index (χ0v) is 17.0. The molecule has 1 aromatic heterocycles. The normalized spacial score (nSPS) is 19.2. The minimum Gasteiger partial charge on any atom is -0.477 e. The van der Waals surface area contributed by atoms with Crippen LogP contribution >= 0.6 is 0 Å². The van der Waals surface area contributed by atoms with Gasteiger partial charge >= 0.3 is 0 Å². The summed E-state index contributed by atoms with van der Waals surface area (Å²) in [6.07, 6.45) is 2.63. The Morgan fingerprint density at radius 2 is 2.19 bits per heavy atom. The van der Waals surface area contributed by atoms with E-state index < -0.39 is 14.6 Å². The van der Waals surface area contributed by atoms with E-state index in [0.29, 0.717) is 32.1 Å². The van der Waals surface area contributed by atoms with Crippen LogP contribution in [0.4, 0.5) is 0 Å². The van der Waals surface area contributed by atoms with Crippen molar-refractivity contribution in [1.29, 1.82) is 0 Å². The molecule has 1 aliphatic rings. The fraction of sp³-hybridized carbons (Fsp3) is 0.667. The minimum atomic E-state index is -3.08. The Morgan fingerprint density at radius 1 is 1.42 bits per heavy atom. The van der Waals surface area contributed by atoms with Gasteiger partial charge in [0, 0.05) is 31.4 Å². The number of guanidine groups is 1. The molecule has 0 atom stereocenters. The summed E-state index contributed by atoms with van der Waals surface area (Å²) in [5.74, 6) is 1.47. The van der Waals surface area contributed by atoms with Crippen LogP contribution in [-0.2, 0) is 16.4 Å². The van der Waals surface area contributed by atoms with Crippen molar-refractivity contribution in [3.63, 3.8) is 0 Å². The van der Waals surface area contributed by atoms with E-state index in [4.69, 9.17) is 9.73 Å². The van der Waals surface area contributed by atoms with Crippen LogP contribution in [0.1, 0.15) is 39.7 Å². The molecule has 1 fully saturated rings. The van der Waals surface area contributed by atoms with Gasteiger partial charge < -0.3 is 15.0 Å². The average Bonchev–Trinajstić information content (AvgIpc) is 2.60. The Balaban J connectivity index is 2.18. The van der Waals surface area contributed by atoms with Crippen LogP contribution < -0.4 is 10.1 Å². The molecule has 8 heteroatoms. The van der Waals surface area contributed by atoms with Crippen molar-refractivity contribution in [2.45, 2.75) is 45.4 Å². The number of pyridine rings is 1. The van der Waals surface area contributed by atoms with Crippen LogP contribution in [0.2, 0.25) is 0 Å². The van der Waals surface area contributed by atoms with Gasteiger partial charge in [0.2, 0.25) is 5.88 Å². The van der Waals surface area contributed by atoms with E-state index >= 15 is 0 Å². The van der Waals surface area contributed by atoms with E-state index in [-0.39, 0.29) is 5.75 Å². The highest BCUT2D eigenvalue weighted by atomic mass is 32.2. The molecular formula is C18H30N4O3S. The first-order valence-corrected chi connectivity index (χ1v) is 10.8. The number of rotatable bonds is 6. The van der Waals surface area contributed by atoms with Gasteiger partial charge in [-0.3, -0.25) is 0 Å². The predicted octanol–water partition coefficient (Wildman–Crippen LogP) is 1.84. The molecule has 0 bridgehead atoms. The maximum atomic E-state index is 12.2. The second kappa shape index (κ2) is 8.70. The summed E-state index contributed by atoms with van der Waals surface area (Å²) in [7, 11) is -3.08. The third-order valence-electron chi connectivity index (χ3n) is 4.37. The van der Waals surface area contributed by atoms with Gasteiger partial charge in [-0.2, -0.15) is 0 Å². The monoisotopic (exact) mass is 382 g/mol. The van der Waals surface area contributed by atoms with Gasteiger partial charge in [-0.1, -0.05) is 13.0 Å². The molecule has 2 heterocycles. The topological polar surface area (TPSA) is 83.9 Å².